The van der Waals surface area contributed by atoms with Gasteiger partial charge in [0, 0.05) is 6.92 Å². The second-order valence-electron chi connectivity index (χ2n) is 7.53. The van der Waals surface area contributed by atoms with Crippen molar-refractivity contribution in [3.8, 4) is 0 Å². The number of hydrogen-bond acceptors (Lipinski definition) is 5. The lowest BCUT2D eigenvalue weighted by atomic mass is 10.0. The summed E-state index contributed by atoms with van der Waals surface area (Å²) in [6.07, 6.45) is 0.595. The third-order valence-corrected chi connectivity index (χ3v) is 4.88. The lowest BCUT2D eigenvalue weighted by Gasteiger charge is -2.25. The molecule has 0 amide bonds. The Morgan fingerprint density at radius 1 is 0.656 bits per heavy atom. The van der Waals surface area contributed by atoms with E-state index in [2.05, 4.69) is 24.3 Å². The molecule has 0 fully saturated rings. The van der Waals surface area contributed by atoms with Gasteiger partial charge in [0.25, 0.3) is 0 Å². The van der Waals surface area contributed by atoms with E-state index in [1.165, 1.54) is 6.92 Å². The first-order valence-corrected chi connectivity index (χ1v) is 10.7. The first-order valence-electron chi connectivity index (χ1n) is 10.7. The van der Waals surface area contributed by atoms with Crippen molar-refractivity contribution in [3.05, 3.63) is 108 Å². The minimum Gasteiger partial charge on any atom is -0.463 e. The fourth-order valence-electron chi connectivity index (χ4n) is 3.36. The van der Waals surface area contributed by atoms with Gasteiger partial charge in [-0.3, -0.25) is 4.79 Å². The van der Waals surface area contributed by atoms with Crippen LogP contribution in [0, 0.1) is 0 Å². The summed E-state index contributed by atoms with van der Waals surface area (Å²) in [5.41, 5.74) is 2.74. The van der Waals surface area contributed by atoms with Crippen LogP contribution in [0.5, 0.6) is 0 Å². The summed E-state index contributed by atoms with van der Waals surface area (Å²) < 4.78 is 17.0. The van der Waals surface area contributed by atoms with E-state index >= 15 is 0 Å². The van der Waals surface area contributed by atoms with Crippen molar-refractivity contribution in [3.63, 3.8) is 0 Å². The number of carbonyl (C=O) groups is 2. The molecule has 0 aliphatic rings. The van der Waals surface area contributed by atoms with E-state index in [0.29, 0.717) is 18.4 Å². The first kappa shape index (κ1) is 23.2. The lowest BCUT2D eigenvalue weighted by Crippen LogP contribution is -2.34. The highest BCUT2D eigenvalue weighted by Gasteiger charge is 2.21. The molecule has 32 heavy (non-hydrogen) atoms. The highest BCUT2D eigenvalue weighted by Crippen LogP contribution is 2.15. The molecule has 3 aromatic rings. The maximum absolute atomic E-state index is 12.4. The monoisotopic (exact) mass is 432 g/mol. The van der Waals surface area contributed by atoms with Crippen LogP contribution in [-0.4, -0.2) is 37.4 Å². The molecule has 5 heteroatoms. The van der Waals surface area contributed by atoms with Crippen molar-refractivity contribution < 1.29 is 23.8 Å². The van der Waals surface area contributed by atoms with Crippen molar-refractivity contribution >= 4 is 11.9 Å². The molecule has 0 saturated heterocycles. The van der Waals surface area contributed by atoms with Crippen molar-refractivity contribution in [2.24, 2.45) is 0 Å². The Morgan fingerprint density at radius 2 is 1.12 bits per heavy atom. The summed E-state index contributed by atoms with van der Waals surface area (Å²) in [7, 11) is 0. The number of ether oxygens (including phenoxy) is 3. The molecular weight excluding hydrogens is 404 g/mol. The molecule has 1 unspecified atom stereocenters. The van der Waals surface area contributed by atoms with E-state index in [9.17, 15) is 9.59 Å². The summed E-state index contributed by atoms with van der Waals surface area (Å²) in [5, 5.41) is 0. The number of carbonyl (C=O) groups excluding carboxylic acids is 2. The molecular formula is C27H28O5. The summed E-state index contributed by atoms with van der Waals surface area (Å²) >= 11 is 0. The molecule has 0 heterocycles. The number of esters is 2. The van der Waals surface area contributed by atoms with Crippen LogP contribution in [0.15, 0.2) is 91.0 Å². The Morgan fingerprint density at radius 3 is 1.62 bits per heavy atom. The van der Waals surface area contributed by atoms with Crippen LogP contribution in [0.2, 0.25) is 0 Å². The van der Waals surface area contributed by atoms with Crippen LogP contribution in [0.1, 0.15) is 28.4 Å². The Labute approximate surface area is 188 Å². The molecule has 0 N–H and O–H groups in total. The lowest BCUT2D eigenvalue weighted by molar-refractivity contribution is -0.148. The maximum atomic E-state index is 12.4. The van der Waals surface area contributed by atoms with E-state index in [1.54, 1.807) is 24.3 Å². The van der Waals surface area contributed by atoms with Crippen LogP contribution < -0.4 is 0 Å². The van der Waals surface area contributed by atoms with Gasteiger partial charge in [0.1, 0.15) is 19.3 Å². The van der Waals surface area contributed by atoms with E-state index in [-0.39, 0.29) is 19.3 Å². The van der Waals surface area contributed by atoms with Crippen molar-refractivity contribution in [1.29, 1.82) is 0 Å². The Kier molecular flexibility index (Phi) is 9.02. The standard InChI is InChI=1S/C27H28O5/c1-21(28)30-19-26(20-31-27(29)24-15-9-4-10-16-24)32-25(17-22-11-5-2-6-12-22)18-23-13-7-3-8-14-23/h2-16,25-26H,17-20H2,1H3. The topological polar surface area (TPSA) is 61.8 Å². The third kappa shape index (κ3) is 8.00. The number of benzene rings is 3. The second kappa shape index (κ2) is 12.4. The zero-order valence-corrected chi connectivity index (χ0v) is 18.2. The van der Waals surface area contributed by atoms with Crippen molar-refractivity contribution in [1.82, 2.24) is 0 Å². The van der Waals surface area contributed by atoms with Crippen molar-refractivity contribution in [2.45, 2.75) is 32.0 Å². The van der Waals surface area contributed by atoms with Gasteiger partial charge < -0.3 is 14.2 Å². The quantitative estimate of drug-likeness (QED) is 0.413. The van der Waals surface area contributed by atoms with Crippen LogP contribution in [0.25, 0.3) is 0 Å². The molecule has 166 valence electrons. The normalized spacial score (nSPS) is 11.7. The van der Waals surface area contributed by atoms with Gasteiger partial charge in [0.2, 0.25) is 0 Å². The fraction of sp³-hybridized carbons (Fsp3) is 0.259. The number of rotatable bonds is 11. The summed E-state index contributed by atoms with van der Waals surface area (Å²) in [6.45, 7) is 1.34. The third-order valence-electron chi connectivity index (χ3n) is 4.88. The smallest absolute Gasteiger partial charge is 0.338 e. The van der Waals surface area contributed by atoms with E-state index < -0.39 is 18.0 Å². The molecule has 0 aromatic heterocycles. The van der Waals surface area contributed by atoms with Gasteiger partial charge in [0.15, 0.2) is 0 Å². The molecule has 0 saturated carbocycles. The van der Waals surface area contributed by atoms with Gasteiger partial charge in [-0.15, -0.1) is 0 Å². The van der Waals surface area contributed by atoms with Crippen LogP contribution in [0.4, 0.5) is 0 Å². The predicted octanol–water partition coefficient (Wildman–Crippen LogP) is 4.65. The average Bonchev–Trinajstić information content (AvgIpc) is 2.82. The van der Waals surface area contributed by atoms with E-state index in [0.717, 1.165) is 11.1 Å². The average molecular weight is 433 g/mol. The molecule has 5 nitrogen and oxygen atoms in total. The molecule has 0 aliphatic carbocycles. The van der Waals surface area contributed by atoms with Gasteiger partial charge in [-0.1, -0.05) is 78.9 Å². The highest BCUT2D eigenvalue weighted by atomic mass is 16.6. The Hall–Kier alpha value is -3.44. The maximum Gasteiger partial charge on any atom is 0.338 e. The highest BCUT2D eigenvalue weighted by molar-refractivity contribution is 5.89. The molecule has 0 aliphatic heterocycles. The molecule has 3 rings (SSSR count). The molecule has 0 spiro atoms. The van der Waals surface area contributed by atoms with Gasteiger partial charge in [-0.25, -0.2) is 4.79 Å². The molecule has 0 bridgehead atoms. The molecule has 0 radical (unpaired) electrons. The minimum atomic E-state index is -0.580. The van der Waals surface area contributed by atoms with Crippen LogP contribution >= 0.6 is 0 Å². The van der Waals surface area contributed by atoms with E-state index in [1.807, 2.05) is 42.5 Å². The minimum absolute atomic E-state index is 0.0114. The molecule has 1 atom stereocenters. The zero-order valence-electron chi connectivity index (χ0n) is 18.2. The first-order chi connectivity index (χ1) is 15.6. The Balaban J connectivity index is 1.70. The SMILES string of the molecule is CC(=O)OCC(COC(=O)c1ccccc1)OC(Cc1ccccc1)Cc1ccccc1. The van der Waals surface area contributed by atoms with Crippen LogP contribution in [-0.2, 0) is 31.8 Å². The second-order valence-corrected chi connectivity index (χ2v) is 7.53. The largest absolute Gasteiger partial charge is 0.463 e. The summed E-state index contributed by atoms with van der Waals surface area (Å²) in [5.74, 6) is -0.847. The van der Waals surface area contributed by atoms with Gasteiger partial charge in [-0.2, -0.15) is 0 Å². The van der Waals surface area contributed by atoms with Crippen molar-refractivity contribution in [2.75, 3.05) is 13.2 Å². The summed E-state index contributed by atoms with van der Waals surface area (Å²) in [4.78, 5) is 23.8. The summed E-state index contributed by atoms with van der Waals surface area (Å²) in [6, 6.07) is 28.9. The van der Waals surface area contributed by atoms with Gasteiger partial charge >= 0.3 is 11.9 Å². The fourth-order valence-corrected chi connectivity index (χ4v) is 3.36. The van der Waals surface area contributed by atoms with Crippen LogP contribution in [0.3, 0.4) is 0 Å². The zero-order chi connectivity index (χ0) is 22.6. The molecule has 3 aromatic carbocycles. The Bertz CT molecular complexity index is 916. The van der Waals surface area contributed by atoms with E-state index in [4.69, 9.17) is 14.2 Å². The van der Waals surface area contributed by atoms with Gasteiger partial charge in [-0.05, 0) is 36.1 Å². The van der Waals surface area contributed by atoms with Gasteiger partial charge in [0.05, 0.1) is 11.7 Å². The predicted molar refractivity (Wildman–Crippen MR) is 122 cm³/mol. The number of hydrogen-bond donors (Lipinski definition) is 0.